The summed E-state index contributed by atoms with van der Waals surface area (Å²) in [6, 6.07) is 2.25. The standard InChI is InChI=1S/C14H16BrF2NO/c15-10-8-11(16)13(12(17)9-10)14(19)18-6-4-2-1-3-5-7-18/h8-9H,1-7H2. The fourth-order valence-corrected chi connectivity index (χ4v) is 2.76. The minimum atomic E-state index is -0.807. The van der Waals surface area contributed by atoms with Crippen molar-refractivity contribution in [2.75, 3.05) is 13.1 Å². The van der Waals surface area contributed by atoms with E-state index in [9.17, 15) is 13.6 Å². The minimum absolute atomic E-state index is 0.298. The zero-order valence-electron chi connectivity index (χ0n) is 10.6. The van der Waals surface area contributed by atoms with Gasteiger partial charge in [0, 0.05) is 17.6 Å². The van der Waals surface area contributed by atoms with Crippen LogP contribution in [0, 0.1) is 11.6 Å². The molecule has 1 saturated heterocycles. The Morgan fingerprint density at radius 3 is 2.00 bits per heavy atom. The SMILES string of the molecule is O=C(c1c(F)cc(Br)cc1F)N1CCCCCCC1. The molecule has 5 heteroatoms. The van der Waals surface area contributed by atoms with Crippen LogP contribution in [-0.4, -0.2) is 23.9 Å². The fourth-order valence-electron chi connectivity index (χ4n) is 2.36. The third-order valence-electron chi connectivity index (χ3n) is 3.36. The van der Waals surface area contributed by atoms with E-state index in [1.807, 2.05) is 0 Å². The number of carbonyl (C=O) groups excluding carboxylic acids is 1. The molecule has 0 unspecified atom stereocenters. The molecule has 2 rings (SSSR count). The van der Waals surface area contributed by atoms with E-state index in [1.165, 1.54) is 6.42 Å². The maximum atomic E-state index is 13.8. The van der Waals surface area contributed by atoms with Crippen LogP contribution in [0.3, 0.4) is 0 Å². The summed E-state index contributed by atoms with van der Waals surface area (Å²) in [5.41, 5.74) is -0.441. The number of amides is 1. The first-order valence-electron chi connectivity index (χ1n) is 6.53. The third-order valence-corrected chi connectivity index (χ3v) is 3.82. The van der Waals surface area contributed by atoms with Crippen LogP contribution in [0.4, 0.5) is 8.78 Å². The smallest absolute Gasteiger partial charge is 0.259 e. The molecule has 0 bridgehead atoms. The molecule has 0 N–H and O–H groups in total. The number of likely N-dealkylation sites (tertiary alicyclic amines) is 1. The van der Waals surface area contributed by atoms with Crippen molar-refractivity contribution in [1.82, 2.24) is 4.90 Å². The quantitative estimate of drug-likeness (QED) is 0.757. The Hall–Kier alpha value is -0.970. The Morgan fingerprint density at radius 1 is 1.00 bits per heavy atom. The van der Waals surface area contributed by atoms with Crippen LogP contribution in [-0.2, 0) is 0 Å². The summed E-state index contributed by atoms with van der Waals surface area (Å²) in [4.78, 5) is 13.8. The molecule has 1 fully saturated rings. The van der Waals surface area contributed by atoms with Crippen LogP contribution in [0.1, 0.15) is 42.5 Å². The van der Waals surface area contributed by atoms with Gasteiger partial charge in [-0.1, -0.05) is 35.2 Å². The van der Waals surface area contributed by atoms with Gasteiger partial charge >= 0.3 is 0 Å². The molecule has 1 aromatic carbocycles. The number of rotatable bonds is 1. The Kier molecular flexibility index (Phi) is 4.91. The van der Waals surface area contributed by atoms with E-state index in [1.54, 1.807) is 4.90 Å². The first kappa shape index (κ1) is 14.4. The topological polar surface area (TPSA) is 20.3 Å². The lowest BCUT2D eigenvalue weighted by atomic mass is 10.1. The van der Waals surface area contributed by atoms with E-state index < -0.39 is 23.1 Å². The average Bonchev–Trinajstić information content (AvgIpc) is 2.26. The molecule has 2 nitrogen and oxygen atoms in total. The van der Waals surface area contributed by atoms with Gasteiger partial charge in [-0.05, 0) is 25.0 Å². The van der Waals surface area contributed by atoms with Crippen molar-refractivity contribution in [3.8, 4) is 0 Å². The minimum Gasteiger partial charge on any atom is -0.338 e. The summed E-state index contributed by atoms with van der Waals surface area (Å²) in [6.45, 7) is 1.15. The van der Waals surface area contributed by atoms with Gasteiger partial charge in [0.1, 0.15) is 17.2 Å². The molecule has 104 valence electrons. The summed E-state index contributed by atoms with van der Waals surface area (Å²) in [6.07, 6.45) is 5.09. The summed E-state index contributed by atoms with van der Waals surface area (Å²) in [5, 5.41) is 0. The van der Waals surface area contributed by atoms with Crippen molar-refractivity contribution in [2.24, 2.45) is 0 Å². The van der Waals surface area contributed by atoms with E-state index in [0.717, 1.165) is 37.8 Å². The molecular formula is C14H16BrF2NO. The molecule has 0 radical (unpaired) electrons. The number of nitrogens with zero attached hydrogens (tertiary/aromatic N) is 1. The van der Waals surface area contributed by atoms with Gasteiger partial charge in [0.15, 0.2) is 0 Å². The Bertz CT molecular complexity index is 448. The summed E-state index contributed by atoms with van der Waals surface area (Å²) < 4.78 is 27.9. The van der Waals surface area contributed by atoms with Gasteiger partial charge in [-0.2, -0.15) is 0 Å². The Morgan fingerprint density at radius 2 is 1.47 bits per heavy atom. The maximum absolute atomic E-state index is 13.8. The molecule has 0 aliphatic carbocycles. The van der Waals surface area contributed by atoms with Crippen LogP contribution in [0.2, 0.25) is 0 Å². The normalized spacial score (nSPS) is 16.9. The molecule has 1 amide bonds. The Labute approximate surface area is 119 Å². The summed E-state index contributed by atoms with van der Waals surface area (Å²) in [7, 11) is 0. The first-order chi connectivity index (χ1) is 9.09. The molecule has 1 aliphatic rings. The average molecular weight is 332 g/mol. The summed E-state index contributed by atoms with van der Waals surface area (Å²) >= 11 is 3.01. The maximum Gasteiger partial charge on any atom is 0.259 e. The zero-order valence-corrected chi connectivity index (χ0v) is 12.2. The fraction of sp³-hybridized carbons (Fsp3) is 0.500. The number of benzene rings is 1. The van der Waals surface area contributed by atoms with Gasteiger partial charge in [-0.25, -0.2) is 8.78 Å². The summed E-state index contributed by atoms with van der Waals surface area (Å²) in [5.74, 6) is -2.15. The third kappa shape index (κ3) is 3.53. The van der Waals surface area contributed by atoms with Crippen molar-refractivity contribution in [3.63, 3.8) is 0 Å². The highest BCUT2D eigenvalue weighted by molar-refractivity contribution is 9.10. The van der Waals surface area contributed by atoms with Gasteiger partial charge in [0.05, 0.1) is 0 Å². The lowest BCUT2D eigenvalue weighted by molar-refractivity contribution is 0.0732. The highest BCUT2D eigenvalue weighted by Crippen LogP contribution is 2.22. The monoisotopic (exact) mass is 331 g/mol. The van der Waals surface area contributed by atoms with E-state index in [2.05, 4.69) is 15.9 Å². The lowest BCUT2D eigenvalue weighted by Crippen LogP contribution is -2.35. The lowest BCUT2D eigenvalue weighted by Gasteiger charge is -2.25. The van der Waals surface area contributed by atoms with Gasteiger partial charge in [0.25, 0.3) is 5.91 Å². The molecule has 19 heavy (non-hydrogen) atoms. The first-order valence-corrected chi connectivity index (χ1v) is 7.32. The van der Waals surface area contributed by atoms with E-state index in [4.69, 9.17) is 0 Å². The number of hydrogen-bond acceptors (Lipinski definition) is 1. The number of hydrogen-bond donors (Lipinski definition) is 0. The predicted molar refractivity (Wildman–Crippen MR) is 73.0 cm³/mol. The van der Waals surface area contributed by atoms with Crippen LogP contribution >= 0.6 is 15.9 Å². The van der Waals surface area contributed by atoms with E-state index in [0.29, 0.717) is 17.6 Å². The highest BCUT2D eigenvalue weighted by atomic mass is 79.9. The van der Waals surface area contributed by atoms with Crippen LogP contribution in [0.15, 0.2) is 16.6 Å². The van der Waals surface area contributed by atoms with Crippen molar-refractivity contribution < 1.29 is 13.6 Å². The van der Waals surface area contributed by atoms with Gasteiger partial charge in [-0.15, -0.1) is 0 Å². The molecule has 0 atom stereocenters. The van der Waals surface area contributed by atoms with Gasteiger partial charge in [0.2, 0.25) is 0 Å². The number of halogens is 3. The van der Waals surface area contributed by atoms with Crippen LogP contribution in [0.5, 0.6) is 0 Å². The molecule has 0 saturated carbocycles. The largest absolute Gasteiger partial charge is 0.338 e. The van der Waals surface area contributed by atoms with Crippen molar-refractivity contribution >= 4 is 21.8 Å². The highest BCUT2D eigenvalue weighted by Gasteiger charge is 2.23. The van der Waals surface area contributed by atoms with Crippen molar-refractivity contribution in [1.29, 1.82) is 0 Å². The van der Waals surface area contributed by atoms with Crippen molar-refractivity contribution in [2.45, 2.75) is 32.1 Å². The van der Waals surface area contributed by atoms with E-state index >= 15 is 0 Å². The second-order valence-electron chi connectivity index (χ2n) is 4.80. The number of carbonyl (C=O) groups is 1. The van der Waals surface area contributed by atoms with Crippen LogP contribution in [0.25, 0.3) is 0 Å². The molecule has 1 aliphatic heterocycles. The second-order valence-corrected chi connectivity index (χ2v) is 5.72. The van der Waals surface area contributed by atoms with Crippen molar-refractivity contribution in [3.05, 3.63) is 33.8 Å². The molecule has 0 spiro atoms. The predicted octanol–water partition coefficient (Wildman–Crippen LogP) is 4.13. The van der Waals surface area contributed by atoms with Gasteiger partial charge < -0.3 is 4.90 Å². The Balaban J connectivity index is 2.22. The molecular weight excluding hydrogens is 316 g/mol. The van der Waals surface area contributed by atoms with Gasteiger partial charge in [-0.3, -0.25) is 4.79 Å². The second kappa shape index (κ2) is 6.46. The zero-order chi connectivity index (χ0) is 13.8. The molecule has 0 aromatic heterocycles. The van der Waals surface area contributed by atoms with E-state index in [-0.39, 0.29) is 0 Å². The van der Waals surface area contributed by atoms with Crippen LogP contribution < -0.4 is 0 Å². The molecule has 1 aromatic rings. The molecule has 1 heterocycles.